The molecule has 0 spiro atoms. The molecule has 0 radical (unpaired) electrons. The minimum atomic E-state index is -0.421. The molecule has 0 unspecified atom stereocenters. The van der Waals surface area contributed by atoms with Gasteiger partial charge in [0.15, 0.2) is 11.5 Å². The molecule has 0 fully saturated rings. The van der Waals surface area contributed by atoms with Crippen LogP contribution in [0.2, 0.25) is 0 Å². The summed E-state index contributed by atoms with van der Waals surface area (Å²) in [5, 5.41) is 9.73. The van der Waals surface area contributed by atoms with Crippen molar-refractivity contribution in [3.05, 3.63) is 59.7 Å². The lowest BCUT2D eigenvalue weighted by atomic mass is 9.82. The van der Waals surface area contributed by atoms with E-state index in [1.807, 2.05) is 6.08 Å². The van der Waals surface area contributed by atoms with Crippen molar-refractivity contribution < 1.29 is 19.4 Å². The Balaban J connectivity index is 2.25. The molecule has 0 bridgehead atoms. The van der Waals surface area contributed by atoms with Gasteiger partial charge in [0.1, 0.15) is 6.10 Å². The molecule has 1 aromatic rings. The summed E-state index contributed by atoms with van der Waals surface area (Å²) in [6.45, 7) is 10.4. The highest BCUT2D eigenvalue weighted by Crippen LogP contribution is 2.33. The van der Waals surface area contributed by atoms with Crippen molar-refractivity contribution >= 4 is 5.97 Å². The zero-order valence-electron chi connectivity index (χ0n) is 16.7. The van der Waals surface area contributed by atoms with E-state index in [9.17, 15) is 9.90 Å². The van der Waals surface area contributed by atoms with Crippen molar-refractivity contribution in [2.75, 3.05) is 7.11 Å². The Labute approximate surface area is 162 Å². The van der Waals surface area contributed by atoms with E-state index in [-0.39, 0.29) is 23.0 Å². The van der Waals surface area contributed by atoms with Crippen molar-refractivity contribution in [3.63, 3.8) is 0 Å². The first-order valence-electron chi connectivity index (χ1n) is 9.33. The number of hydrogen-bond acceptors (Lipinski definition) is 4. The molecule has 0 aliphatic heterocycles. The number of benzene rings is 1. The quantitative estimate of drug-likeness (QED) is 0.557. The number of esters is 1. The van der Waals surface area contributed by atoms with Crippen LogP contribution in [0.1, 0.15) is 56.8 Å². The molecule has 1 atom stereocenters. The van der Waals surface area contributed by atoms with Gasteiger partial charge < -0.3 is 14.6 Å². The fourth-order valence-electron chi connectivity index (χ4n) is 3.07. The average Bonchev–Trinajstić information content (AvgIpc) is 2.64. The largest absolute Gasteiger partial charge is 0.504 e. The number of rotatable bonds is 3. The summed E-state index contributed by atoms with van der Waals surface area (Å²) in [5.74, 6) is -0.178. The molecule has 146 valence electrons. The molecule has 1 aromatic carbocycles. The lowest BCUT2D eigenvalue weighted by Crippen LogP contribution is -2.33. The lowest BCUT2D eigenvalue weighted by Gasteiger charge is -2.31. The minimum absolute atomic E-state index is 0.00784. The SMILES string of the molecule is C=C1/C=C/C(C)(C)[C@H](OC(=O)c2ccc(O)c(OC)c2)CCC(C)=CCC1. The van der Waals surface area contributed by atoms with E-state index in [1.54, 1.807) is 6.07 Å². The zero-order chi connectivity index (χ0) is 20.0. The molecule has 1 aliphatic rings. The van der Waals surface area contributed by atoms with Crippen LogP contribution in [0.25, 0.3) is 0 Å². The summed E-state index contributed by atoms with van der Waals surface area (Å²) < 4.78 is 11.0. The van der Waals surface area contributed by atoms with E-state index < -0.39 is 5.97 Å². The Kier molecular flexibility index (Phi) is 6.89. The van der Waals surface area contributed by atoms with Crippen LogP contribution < -0.4 is 4.74 Å². The third-order valence-corrected chi connectivity index (χ3v) is 5.00. The first-order valence-corrected chi connectivity index (χ1v) is 9.33. The van der Waals surface area contributed by atoms with Crippen LogP contribution in [-0.2, 0) is 4.74 Å². The molecule has 0 saturated heterocycles. The highest BCUT2D eigenvalue weighted by molar-refractivity contribution is 5.90. The number of carbonyl (C=O) groups is 1. The van der Waals surface area contributed by atoms with Crippen LogP contribution in [0.3, 0.4) is 0 Å². The molecule has 0 aromatic heterocycles. The van der Waals surface area contributed by atoms with Crippen molar-refractivity contribution in [2.24, 2.45) is 5.41 Å². The van der Waals surface area contributed by atoms with E-state index in [4.69, 9.17) is 9.47 Å². The van der Waals surface area contributed by atoms with Gasteiger partial charge in [0.2, 0.25) is 0 Å². The van der Waals surface area contributed by atoms with Gasteiger partial charge in [-0.3, -0.25) is 0 Å². The van der Waals surface area contributed by atoms with E-state index >= 15 is 0 Å². The molecule has 0 saturated carbocycles. The molecule has 4 heteroatoms. The molecule has 0 heterocycles. The standard InChI is InChI=1S/C23H30O4/c1-16-7-6-8-17(2)13-14-23(3,4)21(12-9-16)27-22(25)18-10-11-19(24)20(15-18)26-5/h7,10-11,13-15,21,24H,2,6,8-9,12H2,1,3-5H3/b14-13+,16-7?/t21-/m1/s1. The number of phenols is 1. The van der Waals surface area contributed by atoms with Gasteiger partial charge in [-0.05, 0) is 50.8 Å². The van der Waals surface area contributed by atoms with Gasteiger partial charge in [-0.15, -0.1) is 0 Å². The maximum absolute atomic E-state index is 12.7. The predicted octanol–water partition coefficient (Wildman–Crippen LogP) is 5.59. The molecule has 1 N–H and O–H groups in total. The minimum Gasteiger partial charge on any atom is -0.504 e. The number of aromatic hydroxyl groups is 1. The van der Waals surface area contributed by atoms with Gasteiger partial charge in [-0.1, -0.05) is 49.8 Å². The van der Waals surface area contributed by atoms with E-state index in [2.05, 4.69) is 39.5 Å². The van der Waals surface area contributed by atoms with Crippen LogP contribution >= 0.6 is 0 Å². The van der Waals surface area contributed by atoms with Crippen molar-refractivity contribution in [2.45, 2.75) is 52.6 Å². The third-order valence-electron chi connectivity index (χ3n) is 5.00. The second-order valence-electron chi connectivity index (χ2n) is 7.72. The van der Waals surface area contributed by atoms with Gasteiger partial charge >= 0.3 is 5.97 Å². The number of phenolic OH excluding ortho intramolecular Hbond substituents is 1. The Bertz CT molecular complexity index is 756. The Morgan fingerprint density at radius 3 is 2.74 bits per heavy atom. The van der Waals surface area contributed by atoms with Crippen LogP contribution in [0, 0.1) is 5.41 Å². The lowest BCUT2D eigenvalue weighted by molar-refractivity contribution is 0.00157. The molecular formula is C23H30O4. The summed E-state index contributed by atoms with van der Waals surface area (Å²) in [7, 11) is 1.45. The normalized spacial score (nSPS) is 21.6. The van der Waals surface area contributed by atoms with E-state index in [0.717, 1.165) is 31.3 Å². The number of methoxy groups -OCH3 is 1. The predicted molar refractivity (Wildman–Crippen MR) is 108 cm³/mol. The topological polar surface area (TPSA) is 55.8 Å². The summed E-state index contributed by atoms with van der Waals surface area (Å²) in [6, 6.07) is 4.48. The van der Waals surface area contributed by atoms with Gasteiger partial charge in [-0.25, -0.2) is 4.79 Å². The number of ether oxygens (including phenoxy) is 2. The second-order valence-corrected chi connectivity index (χ2v) is 7.72. The van der Waals surface area contributed by atoms with E-state index in [1.165, 1.54) is 24.8 Å². The molecule has 27 heavy (non-hydrogen) atoms. The third kappa shape index (κ3) is 5.75. The fraction of sp³-hybridized carbons (Fsp3) is 0.435. The molecule has 2 rings (SSSR count). The highest BCUT2D eigenvalue weighted by atomic mass is 16.5. The molecule has 4 nitrogen and oxygen atoms in total. The highest BCUT2D eigenvalue weighted by Gasteiger charge is 2.31. The van der Waals surface area contributed by atoms with Crippen LogP contribution in [-0.4, -0.2) is 24.3 Å². The van der Waals surface area contributed by atoms with Crippen molar-refractivity contribution in [3.8, 4) is 11.5 Å². The molecular weight excluding hydrogens is 340 g/mol. The first kappa shape index (κ1) is 20.8. The number of carbonyl (C=O) groups excluding carboxylic acids is 1. The maximum atomic E-state index is 12.7. The van der Waals surface area contributed by atoms with Crippen molar-refractivity contribution in [1.29, 1.82) is 0 Å². The monoisotopic (exact) mass is 370 g/mol. The maximum Gasteiger partial charge on any atom is 0.338 e. The van der Waals surface area contributed by atoms with Gasteiger partial charge in [0.25, 0.3) is 0 Å². The fourth-order valence-corrected chi connectivity index (χ4v) is 3.07. The smallest absolute Gasteiger partial charge is 0.338 e. The van der Waals surface area contributed by atoms with E-state index in [0.29, 0.717) is 5.56 Å². The Morgan fingerprint density at radius 2 is 2.04 bits per heavy atom. The summed E-state index contributed by atoms with van der Waals surface area (Å²) in [6.07, 6.45) is 9.61. The average molecular weight is 370 g/mol. The molecule has 0 amide bonds. The number of hydrogen-bond donors (Lipinski definition) is 1. The zero-order valence-corrected chi connectivity index (χ0v) is 16.7. The summed E-state index contributed by atoms with van der Waals surface area (Å²) in [5.41, 5.74) is 2.40. The first-order chi connectivity index (χ1) is 12.7. The van der Waals surface area contributed by atoms with Crippen LogP contribution in [0.15, 0.2) is 54.2 Å². The van der Waals surface area contributed by atoms with Gasteiger partial charge in [0, 0.05) is 5.41 Å². The van der Waals surface area contributed by atoms with Crippen molar-refractivity contribution in [1.82, 2.24) is 0 Å². The van der Waals surface area contributed by atoms with Gasteiger partial charge in [0.05, 0.1) is 12.7 Å². The number of allylic oxidation sites excluding steroid dienone is 4. The summed E-state index contributed by atoms with van der Waals surface area (Å²) in [4.78, 5) is 12.7. The van der Waals surface area contributed by atoms with Crippen LogP contribution in [0.4, 0.5) is 0 Å². The molecule has 1 aliphatic carbocycles. The Morgan fingerprint density at radius 1 is 1.30 bits per heavy atom. The Hall–Kier alpha value is -2.49. The second kappa shape index (κ2) is 8.94. The van der Waals surface area contributed by atoms with Crippen LogP contribution in [0.5, 0.6) is 11.5 Å². The summed E-state index contributed by atoms with van der Waals surface area (Å²) >= 11 is 0. The van der Waals surface area contributed by atoms with Gasteiger partial charge in [-0.2, -0.15) is 0 Å².